The van der Waals surface area contributed by atoms with Crippen LogP contribution in [0.3, 0.4) is 0 Å². The molecule has 0 radical (unpaired) electrons. The van der Waals surface area contributed by atoms with E-state index in [0.717, 1.165) is 5.56 Å². The van der Waals surface area contributed by atoms with Crippen molar-refractivity contribution in [2.75, 3.05) is 20.3 Å². The largest absolute Gasteiger partial charge is 0.497 e. The van der Waals surface area contributed by atoms with E-state index in [1.807, 2.05) is 24.3 Å². The molecule has 0 N–H and O–H groups in total. The van der Waals surface area contributed by atoms with Gasteiger partial charge in [-0.3, -0.25) is 0 Å². The maximum absolute atomic E-state index is 12.9. The van der Waals surface area contributed by atoms with Crippen molar-refractivity contribution >= 4 is 23.5 Å². The summed E-state index contributed by atoms with van der Waals surface area (Å²) in [6, 6.07) is 15.9. The third kappa shape index (κ3) is 4.33. The SMILES string of the molecule is CCOC(=O)c1cc(-c2ccc(OC)cc2)n(-c2ccc(Cl)cc2)c1C(=O)OCC. The first-order valence-corrected chi connectivity index (χ1v) is 9.88. The van der Waals surface area contributed by atoms with Gasteiger partial charge in [0.2, 0.25) is 0 Å². The third-order valence-corrected chi connectivity index (χ3v) is 4.69. The van der Waals surface area contributed by atoms with Crippen LogP contribution in [0.4, 0.5) is 0 Å². The molecule has 0 aliphatic rings. The van der Waals surface area contributed by atoms with Gasteiger partial charge in [0.15, 0.2) is 0 Å². The van der Waals surface area contributed by atoms with Gasteiger partial charge in [-0.05, 0) is 74.0 Å². The first kappa shape index (κ1) is 21.5. The molecule has 0 aliphatic heterocycles. The molecule has 1 aromatic heterocycles. The van der Waals surface area contributed by atoms with Gasteiger partial charge in [0.25, 0.3) is 0 Å². The molecule has 3 aromatic rings. The predicted octanol–water partition coefficient (Wildman–Crippen LogP) is 5.16. The van der Waals surface area contributed by atoms with Crippen LogP contribution in [-0.4, -0.2) is 36.8 Å². The highest BCUT2D eigenvalue weighted by Crippen LogP contribution is 2.32. The predicted molar refractivity (Wildman–Crippen MR) is 115 cm³/mol. The molecule has 0 saturated carbocycles. The standard InChI is InChI=1S/C23H22ClNO5/c1-4-29-22(26)19-14-20(15-6-12-18(28-3)13-7-15)25(21(19)23(27)30-5-2)17-10-8-16(24)9-11-17/h6-14H,4-5H2,1-3H3. The molecule has 30 heavy (non-hydrogen) atoms. The molecule has 0 atom stereocenters. The second-order valence-electron chi connectivity index (χ2n) is 6.27. The number of carbonyl (C=O) groups is 2. The van der Waals surface area contributed by atoms with Crippen molar-refractivity contribution in [1.82, 2.24) is 4.57 Å². The van der Waals surface area contributed by atoms with Crippen molar-refractivity contribution in [3.05, 3.63) is 70.9 Å². The van der Waals surface area contributed by atoms with E-state index in [0.29, 0.717) is 22.2 Å². The van der Waals surface area contributed by atoms with Crippen LogP contribution in [0, 0.1) is 0 Å². The summed E-state index contributed by atoms with van der Waals surface area (Å²) >= 11 is 6.05. The average Bonchev–Trinajstić information content (AvgIpc) is 3.15. The maximum Gasteiger partial charge on any atom is 0.356 e. The van der Waals surface area contributed by atoms with Gasteiger partial charge < -0.3 is 18.8 Å². The van der Waals surface area contributed by atoms with E-state index in [2.05, 4.69) is 0 Å². The number of halogens is 1. The van der Waals surface area contributed by atoms with Gasteiger partial charge in [0.05, 0.1) is 31.6 Å². The van der Waals surface area contributed by atoms with E-state index >= 15 is 0 Å². The van der Waals surface area contributed by atoms with Crippen LogP contribution in [0.15, 0.2) is 54.6 Å². The van der Waals surface area contributed by atoms with Crippen LogP contribution in [0.5, 0.6) is 5.75 Å². The molecule has 1 heterocycles. The lowest BCUT2D eigenvalue weighted by molar-refractivity contribution is 0.0473. The second-order valence-corrected chi connectivity index (χ2v) is 6.71. The zero-order chi connectivity index (χ0) is 21.7. The van der Waals surface area contributed by atoms with Crippen LogP contribution in [0.1, 0.15) is 34.7 Å². The normalized spacial score (nSPS) is 10.5. The smallest absolute Gasteiger partial charge is 0.356 e. The lowest BCUT2D eigenvalue weighted by Gasteiger charge is -2.14. The van der Waals surface area contributed by atoms with Crippen molar-refractivity contribution in [2.45, 2.75) is 13.8 Å². The molecule has 0 aliphatic carbocycles. The van der Waals surface area contributed by atoms with Crippen molar-refractivity contribution in [3.63, 3.8) is 0 Å². The molecule has 0 unspecified atom stereocenters. The molecule has 2 aromatic carbocycles. The number of esters is 2. The number of nitrogens with zero attached hydrogens (tertiary/aromatic N) is 1. The van der Waals surface area contributed by atoms with Gasteiger partial charge in [-0.15, -0.1) is 0 Å². The second kappa shape index (κ2) is 9.50. The summed E-state index contributed by atoms with van der Waals surface area (Å²) < 4.78 is 17.4. The molecular formula is C23H22ClNO5. The lowest BCUT2D eigenvalue weighted by atomic mass is 10.1. The summed E-state index contributed by atoms with van der Waals surface area (Å²) in [5, 5.41) is 0.556. The van der Waals surface area contributed by atoms with E-state index in [1.54, 1.807) is 55.9 Å². The summed E-state index contributed by atoms with van der Waals surface area (Å²) in [5.41, 5.74) is 2.31. The molecule has 0 bridgehead atoms. The Morgan fingerprint density at radius 3 is 2.07 bits per heavy atom. The first-order valence-electron chi connectivity index (χ1n) is 9.50. The van der Waals surface area contributed by atoms with Crippen molar-refractivity contribution in [1.29, 1.82) is 0 Å². The van der Waals surface area contributed by atoms with E-state index < -0.39 is 11.9 Å². The van der Waals surface area contributed by atoms with Crippen LogP contribution in [-0.2, 0) is 9.47 Å². The van der Waals surface area contributed by atoms with E-state index in [1.165, 1.54) is 0 Å². The number of rotatable bonds is 7. The first-order chi connectivity index (χ1) is 14.5. The highest BCUT2D eigenvalue weighted by atomic mass is 35.5. The van der Waals surface area contributed by atoms with Gasteiger partial charge in [0, 0.05) is 10.7 Å². The van der Waals surface area contributed by atoms with Gasteiger partial charge in [0.1, 0.15) is 11.4 Å². The summed E-state index contributed by atoms with van der Waals surface area (Å²) in [6.45, 7) is 3.78. The minimum absolute atomic E-state index is 0.100. The number of ether oxygens (including phenoxy) is 3. The monoisotopic (exact) mass is 427 g/mol. The van der Waals surface area contributed by atoms with Crippen LogP contribution in [0.2, 0.25) is 5.02 Å². The molecule has 0 fully saturated rings. The van der Waals surface area contributed by atoms with Gasteiger partial charge in [-0.2, -0.15) is 0 Å². The third-order valence-electron chi connectivity index (χ3n) is 4.44. The Balaban J connectivity index is 2.30. The van der Waals surface area contributed by atoms with Gasteiger partial charge in [-0.25, -0.2) is 9.59 Å². The number of methoxy groups -OCH3 is 1. The number of hydrogen-bond donors (Lipinski definition) is 0. The van der Waals surface area contributed by atoms with Crippen LogP contribution in [0.25, 0.3) is 16.9 Å². The quantitative estimate of drug-likeness (QED) is 0.487. The summed E-state index contributed by atoms with van der Waals surface area (Å²) in [4.78, 5) is 25.6. The van der Waals surface area contributed by atoms with Crippen molar-refractivity contribution in [2.24, 2.45) is 0 Å². The Morgan fingerprint density at radius 2 is 1.50 bits per heavy atom. The molecule has 0 amide bonds. The van der Waals surface area contributed by atoms with Crippen molar-refractivity contribution in [3.8, 4) is 22.7 Å². The lowest BCUT2D eigenvalue weighted by Crippen LogP contribution is -2.17. The number of aromatic nitrogens is 1. The number of carbonyl (C=O) groups excluding carboxylic acids is 2. The van der Waals surface area contributed by atoms with Crippen molar-refractivity contribution < 1.29 is 23.8 Å². The minimum Gasteiger partial charge on any atom is -0.497 e. The fraction of sp³-hybridized carbons (Fsp3) is 0.217. The fourth-order valence-electron chi connectivity index (χ4n) is 3.11. The fourth-order valence-corrected chi connectivity index (χ4v) is 3.23. The van der Waals surface area contributed by atoms with Crippen LogP contribution < -0.4 is 4.74 Å². The zero-order valence-corrected chi connectivity index (χ0v) is 17.7. The minimum atomic E-state index is -0.615. The maximum atomic E-state index is 12.9. The molecule has 6 nitrogen and oxygen atoms in total. The Labute approximate surface area is 179 Å². The van der Waals surface area contributed by atoms with E-state index in [-0.39, 0.29) is 24.5 Å². The molecule has 0 spiro atoms. The topological polar surface area (TPSA) is 66.8 Å². The molecular weight excluding hydrogens is 406 g/mol. The van der Waals surface area contributed by atoms with E-state index in [9.17, 15) is 9.59 Å². The molecule has 7 heteroatoms. The molecule has 3 rings (SSSR count). The summed E-state index contributed by atoms with van der Waals surface area (Å²) in [5.74, 6) is -0.516. The Hall–Kier alpha value is -3.25. The number of benzene rings is 2. The Morgan fingerprint density at radius 1 is 0.900 bits per heavy atom. The molecule has 0 saturated heterocycles. The Bertz CT molecular complexity index is 1040. The zero-order valence-electron chi connectivity index (χ0n) is 17.0. The summed E-state index contributed by atoms with van der Waals surface area (Å²) in [6.07, 6.45) is 0. The Kier molecular flexibility index (Phi) is 6.79. The number of hydrogen-bond acceptors (Lipinski definition) is 5. The average molecular weight is 428 g/mol. The highest BCUT2D eigenvalue weighted by Gasteiger charge is 2.28. The van der Waals surface area contributed by atoms with Gasteiger partial charge in [-0.1, -0.05) is 11.6 Å². The van der Waals surface area contributed by atoms with E-state index in [4.69, 9.17) is 25.8 Å². The highest BCUT2D eigenvalue weighted by molar-refractivity contribution is 6.30. The van der Waals surface area contributed by atoms with Crippen LogP contribution >= 0.6 is 11.6 Å². The van der Waals surface area contributed by atoms with Gasteiger partial charge >= 0.3 is 11.9 Å². The summed E-state index contributed by atoms with van der Waals surface area (Å²) in [7, 11) is 1.59. The molecule has 156 valence electrons.